The molecule has 9 nitrogen and oxygen atoms in total. The first-order valence-corrected chi connectivity index (χ1v) is 29.7. The molecule has 0 aliphatic carbocycles. The number of hydrogen-bond acceptors (Lipinski definition) is 8. The largest absolute Gasteiger partial charge is 0.487 e. The fraction of sp³-hybridized carbons (Fsp3) is 0.766. The molecule has 0 radical (unpaired) electrons. The first kappa shape index (κ1) is 64.0. The fourth-order valence-corrected chi connectivity index (χ4v) is 10.0. The molecule has 416 valence electrons. The summed E-state index contributed by atoms with van der Waals surface area (Å²) in [5.41, 5.74) is 7.18. The molecular weight excluding hydrogens is 911 g/mol. The third kappa shape index (κ3) is 29.0. The Balaban J connectivity index is 1.39. The average molecular weight is 1020 g/mol. The van der Waals surface area contributed by atoms with Crippen molar-refractivity contribution in [3.05, 3.63) is 57.7 Å². The van der Waals surface area contributed by atoms with Crippen molar-refractivity contribution in [3.8, 4) is 11.5 Å². The summed E-state index contributed by atoms with van der Waals surface area (Å²) >= 11 is 0. The van der Waals surface area contributed by atoms with Gasteiger partial charge in [0, 0.05) is 32.5 Å². The van der Waals surface area contributed by atoms with Crippen LogP contribution in [-0.4, -0.2) is 87.2 Å². The number of carbonyl (C=O) groups excluding carboxylic acids is 2. The molecule has 2 aliphatic heterocycles. The number of rotatable bonds is 42. The molecule has 0 saturated heterocycles. The SMILES string of the molecule is CCCCCCCCC(CCCCCCCC)OC(=O)CCCCCOC(COCCCC(=O)Oc1cc2c(c(C)c1C)OC(C)(CC/C=C(\C)CC/C=C(\C)CCC=C(C)C)CC2)COCC1CC=[N+](C)C1. The predicted octanol–water partition coefficient (Wildman–Crippen LogP) is 16.4. The number of carbonyl (C=O) groups is 2. The number of fused-ring (bicyclic) bond motifs is 1. The Bertz CT molecular complexity index is 1810. The molecule has 73 heavy (non-hydrogen) atoms. The van der Waals surface area contributed by atoms with Gasteiger partial charge in [0.25, 0.3) is 0 Å². The summed E-state index contributed by atoms with van der Waals surface area (Å²) in [5.74, 6) is 1.76. The quantitative estimate of drug-likeness (QED) is 0.0210. The summed E-state index contributed by atoms with van der Waals surface area (Å²) in [4.78, 5) is 26.1. The molecule has 0 bridgehead atoms. The van der Waals surface area contributed by atoms with Crippen LogP contribution in [0, 0.1) is 19.8 Å². The highest BCUT2D eigenvalue weighted by Gasteiger charge is 2.33. The molecule has 3 unspecified atom stereocenters. The summed E-state index contributed by atoms with van der Waals surface area (Å²) in [7, 11) is 2.11. The minimum absolute atomic E-state index is 0.0488. The lowest BCUT2D eigenvalue weighted by molar-refractivity contribution is -0.490. The zero-order valence-corrected chi connectivity index (χ0v) is 48.6. The third-order valence-electron chi connectivity index (χ3n) is 15.0. The van der Waals surface area contributed by atoms with Gasteiger partial charge < -0.3 is 28.4 Å². The Labute approximate surface area is 447 Å². The van der Waals surface area contributed by atoms with Crippen molar-refractivity contribution >= 4 is 18.2 Å². The second kappa shape index (κ2) is 38.3. The second-order valence-electron chi connectivity index (χ2n) is 22.6. The molecule has 0 N–H and O–H groups in total. The standard InChI is InChI=1S/C64H108NO8/c1-11-13-15-17-19-22-35-58(36-23-20-18-16-14-12-2)71-61(66)37-24-21-25-45-70-59(50-69-48-56-40-43-65(10)47-56)49-68-44-29-38-62(67)72-60-46-57-39-42-64(9,73-63(57)55(8)54(60)7)41-28-34-53(6)33-27-32-52(5)31-26-30-51(3)4/h30,32,34,43,46,56,58-59H,11-29,31,33,35-42,44-45,47-50H2,1-10H3/q+1/b52-32+,53-34+. The van der Waals surface area contributed by atoms with Gasteiger partial charge in [0.2, 0.25) is 0 Å². The van der Waals surface area contributed by atoms with Gasteiger partial charge in [-0.3, -0.25) is 9.59 Å². The van der Waals surface area contributed by atoms with E-state index in [-0.39, 0.29) is 36.2 Å². The molecule has 3 atom stereocenters. The number of benzene rings is 1. The number of allylic oxidation sites excluding steroid dienone is 6. The summed E-state index contributed by atoms with van der Waals surface area (Å²) < 4.78 is 39.6. The van der Waals surface area contributed by atoms with E-state index in [1.54, 1.807) is 0 Å². The van der Waals surface area contributed by atoms with E-state index in [9.17, 15) is 9.59 Å². The van der Waals surface area contributed by atoms with Gasteiger partial charge >= 0.3 is 11.9 Å². The van der Waals surface area contributed by atoms with Crippen molar-refractivity contribution < 1.29 is 42.6 Å². The molecule has 1 aromatic carbocycles. The van der Waals surface area contributed by atoms with Crippen LogP contribution in [0.4, 0.5) is 0 Å². The first-order chi connectivity index (χ1) is 35.2. The number of nitrogens with zero attached hydrogens (tertiary/aromatic N) is 1. The van der Waals surface area contributed by atoms with Gasteiger partial charge in [-0.1, -0.05) is 119 Å². The van der Waals surface area contributed by atoms with Gasteiger partial charge in [0.05, 0.1) is 25.7 Å². The van der Waals surface area contributed by atoms with Crippen molar-refractivity contribution in [3.63, 3.8) is 0 Å². The van der Waals surface area contributed by atoms with E-state index in [4.69, 9.17) is 28.4 Å². The Morgan fingerprint density at radius 3 is 1.99 bits per heavy atom. The van der Waals surface area contributed by atoms with Crippen LogP contribution < -0.4 is 9.47 Å². The lowest BCUT2D eigenvalue weighted by atomic mass is 9.86. The van der Waals surface area contributed by atoms with Crippen LogP contribution in [-0.2, 0) is 35.0 Å². The highest BCUT2D eigenvalue weighted by Crippen LogP contribution is 2.42. The van der Waals surface area contributed by atoms with Gasteiger partial charge in [0.15, 0.2) is 0 Å². The molecule has 0 fully saturated rings. The van der Waals surface area contributed by atoms with Gasteiger partial charge in [-0.15, -0.1) is 0 Å². The van der Waals surface area contributed by atoms with Crippen LogP contribution in [0.2, 0.25) is 0 Å². The maximum absolute atomic E-state index is 13.2. The Morgan fingerprint density at radius 1 is 0.712 bits per heavy atom. The molecule has 0 aromatic heterocycles. The van der Waals surface area contributed by atoms with Crippen LogP contribution in [0.5, 0.6) is 11.5 Å². The monoisotopic (exact) mass is 1020 g/mol. The van der Waals surface area contributed by atoms with Crippen molar-refractivity contribution in [2.45, 2.75) is 266 Å². The fourth-order valence-electron chi connectivity index (χ4n) is 10.0. The molecule has 0 amide bonds. The Hall–Kier alpha value is -3.27. The van der Waals surface area contributed by atoms with Crippen molar-refractivity contribution in [2.75, 3.05) is 46.6 Å². The summed E-state index contributed by atoms with van der Waals surface area (Å²) in [6.45, 7) is 23.2. The number of ether oxygens (including phenoxy) is 6. The first-order valence-electron chi connectivity index (χ1n) is 29.7. The third-order valence-corrected chi connectivity index (χ3v) is 15.0. The predicted molar refractivity (Wildman–Crippen MR) is 304 cm³/mol. The van der Waals surface area contributed by atoms with E-state index in [2.05, 4.69) is 91.5 Å². The summed E-state index contributed by atoms with van der Waals surface area (Å²) in [5, 5.41) is 0. The Kier molecular flexibility index (Phi) is 33.6. The normalized spacial score (nSPS) is 17.4. The van der Waals surface area contributed by atoms with E-state index in [0.717, 1.165) is 132 Å². The lowest BCUT2D eigenvalue weighted by Gasteiger charge is -2.37. The van der Waals surface area contributed by atoms with Crippen molar-refractivity contribution in [1.82, 2.24) is 0 Å². The van der Waals surface area contributed by atoms with Crippen molar-refractivity contribution in [2.24, 2.45) is 5.92 Å². The van der Waals surface area contributed by atoms with Gasteiger partial charge in [-0.05, 0) is 168 Å². The molecule has 9 heteroatoms. The number of aryl methyl sites for hydroxylation is 1. The lowest BCUT2D eigenvalue weighted by Crippen LogP contribution is -2.36. The van der Waals surface area contributed by atoms with E-state index in [1.165, 1.54) is 80.9 Å². The summed E-state index contributed by atoms with van der Waals surface area (Å²) in [6, 6.07) is 2.02. The van der Waals surface area contributed by atoms with E-state index >= 15 is 0 Å². The Morgan fingerprint density at radius 2 is 1.33 bits per heavy atom. The highest BCUT2D eigenvalue weighted by atomic mass is 16.6. The van der Waals surface area contributed by atoms with Gasteiger partial charge in [0.1, 0.15) is 49.1 Å². The highest BCUT2D eigenvalue weighted by molar-refractivity contribution is 5.73. The topological polar surface area (TPSA) is 92.5 Å². The molecule has 1 aromatic rings. The van der Waals surface area contributed by atoms with Crippen molar-refractivity contribution in [1.29, 1.82) is 0 Å². The molecule has 0 saturated carbocycles. The molecule has 0 spiro atoms. The maximum atomic E-state index is 13.2. The summed E-state index contributed by atoms with van der Waals surface area (Å²) in [6.07, 6.45) is 39.4. The minimum Gasteiger partial charge on any atom is -0.487 e. The van der Waals surface area contributed by atoms with Gasteiger partial charge in [-0.25, -0.2) is 4.58 Å². The molecular formula is C64H108NO8+. The number of esters is 2. The van der Waals surface area contributed by atoms with Crippen LogP contribution in [0.15, 0.2) is 41.0 Å². The molecule has 2 aliphatic rings. The van der Waals surface area contributed by atoms with E-state index in [0.29, 0.717) is 57.5 Å². The smallest absolute Gasteiger partial charge is 0.311 e. The minimum atomic E-state index is -0.256. The van der Waals surface area contributed by atoms with Gasteiger partial charge in [-0.2, -0.15) is 0 Å². The van der Waals surface area contributed by atoms with Crippen LogP contribution in [0.25, 0.3) is 0 Å². The van der Waals surface area contributed by atoms with E-state index in [1.807, 2.05) is 13.0 Å². The number of unbranched alkanes of at least 4 members (excludes halogenated alkanes) is 12. The zero-order chi connectivity index (χ0) is 53.1. The number of hydrogen-bond donors (Lipinski definition) is 0. The van der Waals surface area contributed by atoms with Crippen LogP contribution in [0.3, 0.4) is 0 Å². The average Bonchev–Trinajstić information content (AvgIpc) is 3.77. The van der Waals surface area contributed by atoms with E-state index < -0.39 is 0 Å². The van der Waals surface area contributed by atoms with Crippen LogP contribution in [0.1, 0.15) is 245 Å². The van der Waals surface area contributed by atoms with Crippen LogP contribution >= 0.6 is 0 Å². The second-order valence-corrected chi connectivity index (χ2v) is 22.6. The maximum Gasteiger partial charge on any atom is 0.311 e. The zero-order valence-electron chi connectivity index (χ0n) is 48.6. The molecule has 3 rings (SSSR count). The molecule has 2 heterocycles.